The Kier molecular flexibility index (Phi) is 4.26. The summed E-state index contributed by atoms with van der Waals surface area (Å²) in [6, 6.07) is 5.12. The zero-order chi connectivity index (χ0) is 15.6. The summed E-state index contributed by atoms with van der Waals surface area (Å²) in [5.41, 5.74) is 0.624. The summed E-state index contributed by atoms with van der Waals surface area (Å²) in [5, 5.41) is 3.13. The van der Waals surface area contributed by atoms with Crippen LogP contribution in [0, 0.1) is 0 Å². The van der Waals surface area contributed by atoms with E-state index in [0.717, 1.165) is 18.0 Å². The lowest BCUT2D eigenvalue weighted by molar-refractivity contribution is 0.234. The third kappa shape index (κ3) is 3.21. The van der Waals surface area contributed by atoms with E-state index >= 15 is 0 Å². The lowest BCUT2D eigenvalue weighted by Gasteiger charge is -2.15. The number of hydrogen-bond donors (Lipinski definition) is 1. The summed E-state index contributed by atoms with van der Waals surface area (Å²) < 4.78 is 49.3. The van der Waals surface area contributed by atoms with Gasteiger partial charge in [-0.25, -0.2) is 13.4 Å². The van der Waals surface area contributed by atoms with Crippen LogP contribution in [0.3, 0.4) is 0 Å². The summed E-state index contributed by atoms with van der Waals surface area (Å²) in [4.78, 5) is 3.80. The van der Waals surface area contributed by atoms with Crippen LogP contribution < -0.4 is 5.32 Å². The van der Waals surface area contributed by atoms with Gasteiger partial charge in [0.1, 0.15) is 5.82 Å². The van der Waals surface area contributed by atoms with Crippen molar-refractivity contribution in [1.82, 2.24) is 9.55 Å². The molecule has 114 valence electrons. The smallest absolute Gasteiger partial charge is 0.341 e. The van der Waals surface area contributed by atoms with Crippen molar-refractivity contribution < 1.29 is 17.2 Å². The largest absolute Gasteiger partial charge is 0.375 e. The number of halogens is 2. The second-order valence-corrected chi connectivity index (χ2v) is 6.51. The third-order valence-electron chi connectivity index (χ3n) is 3.05. The van der Waals surface area contributed by atoms with Crippen molar-refractivity contribution in [2.75, 3.05) is 5.32 Å². The highest BCUT2D eigenvalue weighted by atomic mass is 32.2. The van der Waals surface area contributed by atoms with Crippen LogP contribution in [0.4, 0.5) is 14.5 Å². The van der Waals surface area contributed by atoms with E-state index in [2.05, 4.69) is 10.3 Å². The molecule has 0 aliphatic heterocycles. The number of nitrogens with one attached hydrogen (secondary N) is 1. The molecule has 1 aromatic carbocycles. The molecule has 1 N–H and O–H groups in total. The van der Waals surface area contributed by atoms with Crippen LogP contribution >= 0.6 is 0 Å². The molecule has 0 saturated heterocycles. The molecular weight excluding hydrogens is 300 g/mol. The molecule has 2 rings (SSSR count). The number of aromatic nitrogens is 2. The lowest BCUT2D eigenvalue weighted by atomic mass is 10.2. The topological polar surface area (TPSA) is 64.0 Å². The molecule has 1 heterocycles. The van der Waals surface area contributed by atoms with Gasteiger partial charge >= 0.3 is 5.76 Å². The Balaban J connectivity index is 2.15. The van der Waals surface area contributed by atoms with Gasteiger partial charge in [-0.05, 0) is 31.2 Å². The minimum Gasteiger partial charge on any atom is -0.375 e. The van der Waals surface area contributed by atoms with Gasteiger partial charge in [-0.3, -0.25) is 0 Å². The fourth-order valence-corrected chi connectivity index (χ4v) is 2.67. The molecule has 2 aromatic rings. The summed E-state index contributed by atoms with van der Waals surface area (Å²) in [5.74, 6) is -2.61. The van der Waals surface area contributed by atoms with Crippen molar-refractivity contribution in [2.24, 2.45) is 7.05 Å². The van der Waals surface area contributed by atoms with Crippen molar-refractivity contribution in [3.63, 3.8) is 0 Å². The lowest BCUT2D eigenvalue weighted by Crippen LogP contribution is -2.13. The number of imidazole rings is 1. The van der Waals surface area contributed by atoms with Crippen molar-refractivity contribution in [3.05, 3.63) is 42.5 Å². The van der Waals surface area contributed by atoms with E-state index in [0.29, 0.717) is 5.69 Å². The highest BCUT2D eigenvalue weighted by Gasteiger charge is 2.26. The summed E-state index contributed by atoms with van der Waals surface area (Å²) >= 11 is 0. The van der Waals surface area contributed by atoms with Crippen molar-refractivity contribution in [1.29, 1.82) is 0 Å². The predicted octanol–water partition coefficient (Wildman–Crippen LogP) is 2.59. The molecule has 1 aromatic heterocycles. The Morgan fingerprint density at radius 1 is 1.24 bits per heavy atom. The first kappa shape index (κ1) is 15.4. The average molecular weight is 315 g/mol. The number of hydrogen-bond acceptors (Lipinski definition) is 4. The normalized spacial score (nSPS) is 13.4. The maximum absolute atomic E-state index is 12.4. The molecule has 0 aliphatic carbocycles. The fraction of sp³-hybridized carbons (Fsp3) is 0.308. The minimum atomic E-state index is -4.55. The molecule has 0 amide bonds. The van der Waals surface area contributed by atoms with Crippen molar-refractivity contribution >= 4 is 15.5 Å². The number of benzene rings is 1. The van der Waals surface area contributed by atoms with Crippen LogP contribution in [-0.4, -0.2) is 23.7 Å². The first-order valence-corrected chi connectivity index (χ1v) is 7.73. The molecule has 0 bridgehead atoms. The molecule has 0 saturated carbocycles. The van der Waals surface area contributed by atoms with Gasteiger partial charge in [0.2, 0.25) is 9.84 Å². The minimum absolute atomic E-state index is 0.109. The predicted molar refractivity (Wildman–Crippen MR) is 74.9 cm³/mol. The number of sulfone groups is 1. The molecule has 0 radical (unpaired) electrons. The van der Waals surface area contributed by atoms with Gasteiger partial charge in [0.15, 0.2) is 0 Å². The van der Waals surface area contributed by atoms with Crippen molar-refractivity contribution in [2.45, 2.75) is 23.6 Å². The molecule has 0 fully saturated rings. The quantitative estimate of drug-likeness (QED) is 0.921. The van der Waals surface area contributed by atoms with Gasteiger partial charge in [-0.15, -0.1) is 0 Å². The van der Waals surface area contributed by atoms with Gasteiger partial charge in [0, 0.05) is 25.1 Å². The van der Waals surface area contributed by atoms with Crippen molar-refractivity contribution in [3.8, 4) is 0 Å². The zero-order valence-electron chi connectivity index (χ0n) is 11.5. The number of rotatable bonds is 5. The van der Waals surface area contributed by atoms with Crippen LogP contribution in [0.25, 0.3) is 0 Å². The monoisotopic (exact) mass is 315 g/mol. The average Bonchev–Trinajstić information content (AvgIpc) is 2.85. The standard InChI is InChI=1S/C13H15F2N3O2S/c1-9(12-16-7-8-18(12)2)17-10-3-5-11(6-4-10)21(19,20)13(14)15/h3-9,13,17H,1-2H3. The van der Waals surface area contributed by atoms with Crippen LogP contribution in [0.15, 0.2) is 41.6 Å². The summed E-state index contributed by atoms with van der Waals surface area (Å²) in [7, 11) is -2.69. The van der Waals surface area contributed by atoms with E-state index in [1.165, 1.54) is 12.1 Å². The number of alkyl halides is 2. The van der Waals surface area contributed by atoms with Crippen LogP contribution in [0.5, 0.6) is 0 Å². The highest BCUT2D eigenvalue weighted by molar-refractivity contribution is 7.91. The van der Waals surface area contributed by atoms with Gasteiger partial charge in [0.05, 0.1) is 10.9 Å². The molecule has 1 atom stereocenters. The SMILES string of the molecule is CC(Nc1ccc(S(=O)(=O)C(F)F)cc1)c1nccn1C. The summed E-state index contributed by atoms with van der Waals surface area (Å²) in [6.07, 6.45) is 3.48. The van der Waals surface area contributed by atoms with E-state index in [1.807, 2.05) is 24.7 Å². The highest BCUT2D eigenvalue weighted by Crippen LogP contribution is 2.22. The number of anilines is 1. The van der Waals surface area contributed by atoms with Crippen LogP contribution in [-0.2, 0) is 16.9 Å². The van der Waals surface area contributed by atoms with Crippen LogP contribution in [0.2, 0.25) is 0 Å². The molecule has 1 unspecified atom stereocenters. The Labute approximate surface area is 121 Å². The molecule has 0 aliphatic rings. The van der Waals surface area contributed by atoms with Gasteiger partial charge in [0.25, 0.3) is 0 Å². The maximum atomic E-state index is 12.4. The van der Waals surface area contributed by atoms with E-state index in [-0.39, 0.29) is 6.04 Å². The van der Waals surface area contributed by atoms with Crippen LogP contribution in [0.1, 0.15) is 18.8 Å². The molecule has 8 heteroatoms. The summed E-state index contributed by atoms with van der Waals surface area (Å²) in [6.45, 7) is 1.89. The Morgan fingerprint density at radius 2 is 1.86 bits per heavy atom. The first-order valence-electron chi connectivity index (χ1n) is 6.18. The van der Waals surface area contributed by atoms with Gasteiger partial charge in [-0.2, -0.15) is 8.78 Å². The molecular formula is C13H15F2N3O2S. The van der Waals surface area contributed by atoms with E-state index in [1.54, 1.807) is 6.20 Å². The molecule has 0 spiro atoms. The number of nitrogens with zero attached hydrogens (tertiary/aromatic N) is 2. The third-order valence-corrected chi connectivity index (χ3v) is 4.44. The Bertz CT molecular complexity index is 711. The maximum Gasteiger partial charge on any atom is 0.341 e. The Morgan fingerprint density at radius 3 is 2.33 bits per heavy atom. The second-order valence-electron chi connectivity index (χ2n) is 4.59. The number of aryl methyl sites for hydroxylation is 1. The zero-order valence-corrected chi connectivity index (χ0v) is 12.3. The molecule has 21 heavy (non-hydrogen) atoms. The first-order chi connectivity index (χ1) is 9.82. The van der Waals surface area contributed by atoms with Gasteiger partial charge < -0.3 is 9.88 Å². The van der Waals surface area contributed by atoms with E-state index in [4.69, 9.17) is 0 Å². The van der Waals surface area contributed by atoms with E-state index < -0.39 is 20.5 Å². The van der Waals surface area contributed by atoms with Gasteiger partial charge in [-0.1, -0.05) is 0 Å². The fourth-order valence-electron chi connectivity index (χ4n) is 1.95. The second kappa shape index (κ2) is 5.80. The molecule has 5 nitrogen and oxygen atoms in total. The van der Waals surface area contributed by atoms with E-state index in [9.17, 15) is 17.2 Å². The Hall–Kier alpha value is -1.96.